The molecule has 0 aromatic heterocycles. The summed E-state index contributed by atoms with van der Waals surface area (Å²) in [6.45, 7) is 14.4. The van der Waals surface area contributed by atoms with Crippen LogP contribution in [0.4, 0.5) is 0 Å². The molecule has 0 fully saturated rings. The van der Waals surface area contributed by atoms with Crippen molar-refractivity contribution in [2.75, 3.05) is 13.2 Å². The summed E-state index contributed by atoms with van der Waals surface area (Å²) in [7, 11) is 0. The molecule has 0 heterocycles. The van der Waals surface area contributed by atoms with Crippen LogP contribution in [0.15, 0.2) is 29.3 Å². The topological polar surface area (TPSA) is 100 Å². The first kappa shape index (κ1) is 22.7. The van der Waals surface area contributed by atoms with E-state index in [1.54, 1.807) is 6.92 Å². The summed E-state index contributed by atoms with van der Waals surface area (Å²) in [6.07, 6.45) is -0.297. The molecule has 0 saturated heterocycles. The Kier molecular flexibility index (Phi) is 9.59. The van der Waals surface area contributed by atoms with Crippen molar-refractivity contribution < 1.29 is 33.3 Å². The van der Waals surface area contributed by atoms with E-state index in [-0.39, 0.29) is 24.4 Å². The maximum absolute atomic E-state index is 11.4. The largest absolute Gasteiger partial charge is 0.433 e. The normalized spacial score (nSPS) is 15.1. The molecule has 0 aliphatic rings. The van der Waals surface area contributed by atoms with Crippen LogP contribution >= 0.6 is 0 Å². The van der Waals surface area contributed by atoms with Crippen molar-refractivity contribution in [3.63, 3.8) is 0 Å². The van der Waals surface area contributed by atoms with E-state index in [1.165, 1.54) is 33.8 Å². The average molecular weight is 355 g/mol. The minimum absolute atomic E-state index is 0.0893. The number of rotatable bonds is 11. The third-order valence-electron chi connectivity index (χ3n) is 2.82. The molecule has 8 nitrogen and oxygen atoms in total. The fourth-order valence-corrected chi connectivity index (χ4v) is 1.38. The molecule has 140 valence electrons. The van der Waals surface area contributed by atoms with Gasteiger partial charge in [-0.3, -0.25) is 0 Å². The molecule has 0 radical (unpaired) electrons. The second-order valence-corrected chi connectivity index (χ2v) is 5.83. The second-order valence-electron chi connectivity index (χ2n) is 5.83. The van der Waals surface area contributed by atoms with Crippen LogP contribution in [-0.4, -0.2) is 49.4 Å². The predicted octanol–water partition coefficient (Wildman–Crippen LogP) is 2.04. The highest BCUT2D eigenvalue weighted by Crippen LogP contribution is 2.15. The molecular weight excluding hydrogens is 330 g/mol. The SMILES string of the molecule is C=C(C)C(=O)OC(C)OCC(C)(COC(C)OC(=O)C(=C)C)N=C=O. The maximum atomic E-state index is 11.4. The third kappa shape index (κ3) is 9.56. The molecule has 8 heteroatoms. The quantitative estimate of drug-likeness (QED) is 0.184. The lowest BCUT2D eigenvalue weighted by atomic mass is 10.1. The van der Waals surface area contributed by atoms with Crippen LogP contribution in [0.25, 0.3) is 0 Å². The molecule has 0 aliphatic carbocycles. The first-order chi connectivity index (χ1) is 11.5. The molecule has 0 spiro atoms. The fraction of sp³-hybridized carbons (Fsp3) is 0.588. The summed E-state index contributed by atoms with van der Waals surface area (Å²) < 4.78 is 20.7. The molecule has 0 aromatic rings. The number of aliphatic imine (C=N–C) groups is 1. The highest BCUT2D eigenvalue weighted by atomic mass is 16.7. The predicted molar refractivity (Wildman–Crippen MR) is 89.2 cm³/mol. The van der Waals surface area contributed by atoms with Crippen molar-refractivity contribution in [2.24, 2.45) is 4.99 Å². The lowest BCUT2D eigenvalue weighted by molar-refractivity contribution is -0.182. The van der Waals surface area contributed by atoms with Gasteiger partial charge in [-0.15, -0.1) is 0 Å². The van der Waals surface area contributed by atoms with Crippen molar-refractivity contribution >= 4 is 18.0 Å². The molecule has 0 rings (SSSR count). The molecule has 0 aliphatic heterocycles. The molecule has 25 heavy (non-hydrogen) atoms. The van der Waals surface area contributed by atoms with E-state index in [9.17, 15) is 14.4 Å². The monoisotopic (exact) mass is 355 g/mol. The van der Waals surface area contributed by atoms with Crippen LogP contribution in [0.5, 0.6) is 0 Å². The van der Waals surface area contributed by atoms with Gasteiger partial charge in [0.1, 0.15) is 5.54 Å². The van der Waals surface area contributed by atoms with Crippen LogP contribution in [0.1, 0.15) is 34.6 Å². The minimum Gasteiger partial charge on any atom is -0.433 e. The summed E-state index contributed by atoms with van der Waals surface area (Å²) in [4.78, 5) is 37.1. The van der Waals surface area contributed by atoms with Crippen LogP contribution in [0.2, 0.25) is 0 Å². The Bertz CT molecular complexity index is 525. The van der Waals surface area contributed by atoms with E-state index < -0.39 is 30.1 Å². The number of esters is 2. The third-order valence-corrected chi connectivity index (χ3v) is 2.82. The molecule has 2 unspecified atom stereocenters. The lowest BCUT2D eigenvalue weighted by Gasteiger charge is -2.26. The molecule has 0 N–H and O–H groups in total. The van der Waals surface area contributed by atoms with E-state index in [1.807, 2.05) is 0 Å². The van der Waals surface area contributed by atoms with Gasteiger partial charge in [-0.2, -0.15) is 4.99 Å². The molecule has 0 amide bonds. The van der Waals surface area contributed by atoms with Crippen molar-refractivity contribution in [3.05, 3.63) is 24.3 Å². The second kappa shape index (κ2) is 10.6. The van der Waals surface area contributed by atoms with Gasteiger partial charge in [0.25, 0.3) is 0 Å². The maximum Gasteiger partial charge on any atom is 0.335 e. The van der Waals surface area contributed by atoms with Gasteiger partial charge < -0.3 is 18.9 Å². The first-order valence-electron chi connectivity index (χ1n) is 7.56. The van der Waals surface area contributed by atoms with E-state index >= 15 is 0 Å². The van der Waals surface area contributed by atoms with Crippen LogP contribution in [-0.2, 0) is 33.3 Å². The van der Waals surface area contributed by atoms with Crippen molar-refractivity contribution in [1.29, 1.82) is 0 Å². The number of hydrogen-bond donors (Lipinski definition) is 0. The lowest BCUT2D eigenvalue weighted by Crippen LogP contribution is -2.38. The Morgan fingerprint density at radius 3 is 1.64 bits per heavy atom. The van der Waals surface area contributed by atoms with Gasteiger partial charge in [-0.1, -0.05) is 13.2 Å². The fourth-order valence-electron chi connectivity index (χ4n) is 1.38. The average Bonchev–Trinajstić information content (AvgIpc) is 2.51. The van der Waals surface area contributed by atoms with Crippen LogP contribution < -0.4 is 0 Å². The standard InChI is InChI=1S/C17H25NO7/c1-11(2)15(20)24-13(5)22-8-17(7,18-10-19)9-23-14(6)25-16(21)12(3)4/h13-14H,1,3,8-9H2,2,4-7H3. The number of carbonyl (C=O) groups is 2. The summed E-state index contributed by atoms with van der Waals surface area (Å²) in [5.41, 5.74) is -0.628. The van der Waals surface area contributed by atoms with Gasteiger partial charge in [0, 0.05) is 11.1 Å². The van der Waals surface area contributed by atoms with E-state index in [0.717, 1.165) is 0 Å². The number of nitrogens with zero attached hydrogens (tertiary/aromatic N) is 1. The van der Waals surface area contributed by atoms with Gasteiger partial charge in [0.05, 0.1) is 13.2 Å². The molecule has 0 saturated carbocycles. The zero-order valence-electron chi connectivity index (χ0n) is 15.3. The van der Waals surface area contributed by atoms with Gasteiger partial charge in [-0.25, -0.2) is 14.4 Å². The van der Waals surface area contributed by atoms with E-state index in [2.05, 4.69) is 18.2 Å². The Hall–Kier alpha value is -2.28. The zero-order valence-corrected chi connectivity index (χ0v) is 15.3. The summed E-state index contributed by atoms with van der Waals surface area (Å²) in [6, 6.07) is 0. The number of hydrogen-bond acceptors (Lipinski definition) is 8. The Balaban J connectivity index is 4.60. The van der Waals surface area contributed by atoms with Gasteiger partial charge >= 0.3 is 11.9 Å². The molecule has 0 bridgehead atoms. The van der Waals surface area contributed by atoms with Gasteiger partial charge in [0.2, 0.25) is 18.7 Å². The first-order valence-corrected chi connectivity index (χ1v) is 7.56. The zero-order chi connectivity index (χ0) is 19.6. The van der Waals surface area contributed by atoms with Crippen molar-refractivity contribution in [1.82, 2.24) is 0 Å². The Morgan fingerprint density at radius 2 is 1.36 bits per heavy atom. The summed E-state index contributed by atoms with van der Waals surface area (Å²) in [5.74, 6) is -1.19. The number of carbonyl (C=O) groups excluding carboxylic acids is 3. The van der Waals surface area contributed by atoms with E-state index in [0.29, 0.717) is 0 Å². The van der Waals surface area contributed by atoms with Crippen LogP contribution in [0.3, 0.4) is 0 Å². The van der Waals surface area contributed by atoms with Gasteiger partial charge in [0.15, 0.2) is 0 Å². The molecule has 2 atom stereocenters. The Labute approximate surface area is 147 Å². The minimum atomic E-state index is -1.10. The smallest absolute Gasteiger partial charge is 0.335 e. The highest BCUT2D eigenvalue weighted by molar-refractivity contribution is 5.87. The highest BCUT2D eigenvalue weighted by Gasteiger charge is 2.28. The number of ether oxygens (including phenoxy) is 4. The Morgan fingerprint density at radius 1 is 1.00 bits per heavy atom. The van der Waals surface area contributed by atoms with Crippen LogP contribution in [0, 0.1) is 0 Å². The van der Waals surface area contributed by atoms with E-state index in [4.69, 9.17) is 18.9 Å². The van der Waals surface area contributed by atoms with Crippen molar-refractivity contribution in [2.45, 2.75) is 52.7 Å². The molecule has 0 aromatic carbocycles. The molecular formula is C17H25NO7. The number of isocyanates is 1. The van der Waals surface area contributed by atoms with Gasteiger partial charge in [-0.05, 0) is 34.6 Å². The van der Waals surface area contributed by atoms with Crippen molar-refractivity contribution in [3.8, 4) is 0 Å². The summed E-state index contributed by atoms with van der Waals surface area (Å²) >= 11 is 0. The summed E-state index contributed by atoms with van der Waals surface area (Å²) in [5, 5.41) is 0.